The van der Waals surface area contributed by atoms with Crippen molar-refractivity contribution >= 4 is 21.9 Å². The quantitative estimate of drug-likeness (QED) is 0.516. The van der Waals surface area contributed by atoms with Crippen molar-refractivity contribution < 1.29 is 32.2 Å². The van der Waals surface area contributed by atoms with Crippen molar-refractivity contribution in [3.8, 4) is 22.8 Å². The normalized spacial score (nSPS) is 12.1. The van der Waals surface area contributed by atoms with Crippen LogP contribution in [-0.2, 0) is 6.18 Å². The highest BCUT2D eigenvalue weighted by molar-refractivity contribution is 5.90. The second kappa shape index (κ2) is 5.29. The number of furan rings is 1. The number of aromatic hydroxyl groups is 2. The monoisotopic (exact) mass is 362 g/mol. The Kier molecular flexibility index (Phi) is 3.27. The van der Waals surface area contributed by atoms with Gasteiger partial charge < -0.3 is 19.0 Å². The third-order valence-corrected chi connectivity index (χ3v) is 3.89. The number of halogens is 3. The van der Waals surface area contributed by atoms with E-state index in [1.165, 1.54) is 6.07 Å². The van der Waals surface area contributed by atoms with Gasteiger partial charge in [0.15, 0.2) is 0 Å². The molecule has 0 spiro atoms. The summed E-state index contributed by atoms with van der Waals surface area (Å²) in [6.45, 7) is 0. The number of para-hydroxylation sites is 1. The average molecular weight is 362 g/mol. The second-order valence-electron chi connectivity index (χ2n) is 5.62. The summed E-state index contributed by atoms with van der Waals surface area (Å²) >= 11 is 0. The first-order valence-corrected chi connectivity index (χ1v) is 7.34. The predicted octanol–water partition coefficient (Wildman–Crippen LogP) is 4.64. The molecule has 0 atom stereocenters. The van der Waals surface area contributed by atoms with Crippen molar-refractivity contribution in [3.05, 3.63) is 58.4 Å². The molecule has 132 valence electrons. The van der Waals surface area contributed by atoms with Crippen molar-refractivity contribution in [3.63, 3.8) is 0 Å². The van der Waals surface area contributed by atoms with Gasteiger partial charge >= 0.3 is 6.18 Å². The first kappa shape index (κ1) is 16.1. The highest BCUT2D eigenvalue weighted by atomic mass is 19.4. The van der Waals surface area contributed by atoms with Crippen LogP contribution in [0.15, 0.2) is 56.1 Å². The summed E-state index contributed by atoms with van der Waals surface area (Å²) < 4.78 is 50.7. The van der Waals surface area contributed by atoms with E-state index in [0.717, 1.165) is 12.1 Å². The fourth-order valence-corrected chi connectivity index (χ4v) is 2.81. The molecule has 0 fully saturated rings. The molecule has 0 amide bonds. The van der Waals surface area contributed by atoms with E-state index >= 15 is 0 Å². The number of hydrogen-bond acceptors (Lipinski definition) is 5. The van der Waals surface area contributed by atoms with Gasteiger partial charge in [-0.25, -0.2) is 0 Å². The lowest BCUT2D eigenvalue weighted by Gasteiger charge is -2.11. The van der Waals surface area contributed by atoms with E-state index in [4.69, 9.17) is 8.83 Å². The van der Waals surface area contributed by atoms with Crippen LogP contribution in [0.1, 0.15) is 5.76 Å². The molecule has 0 saturated heterocycles. The fourth-order valence-electron chi connectivity index (χ4n) is 2.81. The van der Waals surface area contributed by atoms with Gasteiger partial charge in [-0.3, -0.25) is 4.79 Å². The van der Waals surface area contributed by atoms with E-state index in [-0.39, 0.29) is 5.76 Å². The molecule has 2 aromatic heterocycles. The lowest BCUT2D eigenvalue weighted by molar-refractivity contribution is -0.152. The molecule has 0 aliphatic carbocycles. The number of hydrogen-bond donors (Lipinski definition) is 2. The molecular formula is C18H9F3O5. The molecule has 4 rings (SSSR count). The molecule has 0 unspecified atom stereocenters. The SMILES string of the molecule is O=c1c(-c2cc3ccccc3o2)c(C(F)(F)F)oc2cc(O)cc(O)c12. The van der Waals surface area contributed by atoms with Gasteiger partial charge in [0, 0.05) is 17.5 Å². The molecule has 0 aliphatic heterocycles. The van der Waals surface area contributed by atoms with Crippen molar-refractivity contribution in [2.45, 2.75) is 6.18 Å². The summed E-state index contributed by atoms with van der Waals surface area (Å²) in [7, 11) is 0. The van der Waals surface area contributed by atoms with Crippen LogP contribution < -0.4 is 5.43 Å². The van der Waals surface area contributed by atoms with E-state index in [1.807, 2.05) is 0 Å². The number of phenols is 2. The van der Waals surface area contributed by atoms with Crippen molar-refractivity contribution in [1.82, 2.24) is 0 Å². The Morgan fingerprint density at radius 3 is 2.35 bits per heavy atom. The highest BCUT2D eigenvalue weighted by Gasteiger charge is 2.40. The third-order valence-electron chi connectivity index (χ3n) is 3.89. The van der Waals surface area contributed by atoms with Crippen LogP contribution in [0.3, 0.4) is 0 Å². The maximum absolute atomic E-state index is 13.5. The van der Waals surface area contributed by atoms with Gasteiger partial charge in [0.05, 0.1) is 0 Å². The van der Waals surface area contributed by atoms with E-state index in [0.29, 0.717) is 11.0 Å². The Balaban J connectivity index is 2.16. The zero-order valence-electron chi connectivity index (χ0n) is 12.8. The number of alkyl halides is 3. The van der Waals surface area contributed by atoms with Gasteiger partial charge in [0.25, 0.3) is 0 Å². The van der Waals surface area contributed by atoms with Gasteiger partial charge in [-0.2, -0.15) is 13.2 Å². The number of benzene rings is 2. The van der Waals surface area contributed by atoms with Crippen molar-refractivity contribution in [1.29, 1.82) is 0 Å². The molecule has 0 saturated carbocycles. The lowest BCUT2D eigenvalue weighted by Crippen LogP contribution is -2.15. The Bertz CT molecular complexity index is 1180. The predicted molar refractivity (Wildman–Crippen MR) is 86.0 cm³/mol. The van der Waals surface area contributed by atoms with Crippen LogP contribution in [-0.4, -0.2) is 10.2 Å². The largest absolute Gasteiger partial charge is 0.508 e. The maximum atomic E-state index is 13.5. The van der Waals surface area contributed by atoms with E-state index in [9.17, 15) is 28.2 Å². The molecule has 2 aromatic carbocycles. The summed E-state index contributed by atoms with van der Waals surface area (Å²) in [6, 6.07) is 9.43. The Morgan fingerprint density at radius 2 is 1.65 bits per heavy atom. The first-order chi connectivity index (χ1) is 12.3. The average Bonchev–Trinajstić information content (AvgIpc) is 2.96. The number of phenolic OH excluding ortho intramolecular Hbond substituents is 2. The number of fused-ring (bicyclic) bond motifs is 2. The summed E-state index contributed by atoms with van der Waals surface area (Å²) in [4.78, 5) is 12.7. The zero-order chi connectivity index (χ0) is 18.6. The van der Waals surface area contributed by atoms with Crippen LogP contribution >= 0.6 is 0 Å². The fraction of sp³-hybridized carbons (Fsp3) is 0.0556. The second-order valence-corrected chi connectivity index (χ2v) is 5.62. The summed E-state index contributed by atoms with van der Waals surface area (Å²) in [6.07, 6.45) is -5.00. The highest BCUT2D eigenvalue weighted by Crippen LogP contribution is 2.40. The Morgan fingerprint density at radius 1 is 0.923 bits per heavy atom. The minimum absolute atomic E-state index is 0.296. The summed E-state index contributed by atoms with van der Waals surface area (Å²) in [5.74, 6) is -3.14. The van der Waals surface area contributed by atoms with E-state index < -0.39 is 45.4 Å². The van der Waals surface area contributed by atoms with Crippen LogP contribution in [0.4, 0.5) is 13.2 Å². The summed E-state index contributed by atoms with van der Waals surface area (Å²) in [5.41, 5.74) is -2.25. The van der Waals surface area contributed by atoms with Gasteiger partial charge in [-0.05, 0) is 12.1 Å². The van der Waals surface area contributed by atoms with Crippen LogP contribution in [0.2, 0.25) is 0 Å². The molecule has 5 nitrogen and oxygen atoms in total. The van der Waals surface area contributed by atoms with Gasteiger partial charge in [0.1, 0.15) is 39.4 Å². The Hall–Kier alpha value is -3.42. The smallest absolute Gasteiger partial charge is 0.450 e. The maximum Gasteiger partial charge on any atom is 0.450 e. The third kappa shape index (κ3) is 2.38. The molecule has 8 heteroatoms. The van der Waals surface area contributed by atoms with Gasteiger partial charge in [-0.15, -0.1) is 0 Å². The molecule has 0 aliphatic rings. The molecule has 2 N–H and O–H groups in total. The lowest BCUT2D eigenvalue weighted by atomic mass is 10.1. The number of rotatable bonds is 1. The first-order valence-electron chi connectivity index (χ1n) is 7.34. The van der Waals surface area contributed by atoms with Crippen molar-refractivity contribution in [2.75, 3.05) is 0 Å². The van der Waals surface area contributed by atoms with Crippen molar-refractivity contribution in [2.24, 2.45) is 0 Å². The molecular weight excluding hydrogens is 353 g/mol. The van der Waals surface area contributed by atoms with E-state index in [1.54, 1.807) is 24.3 Å². The molecule has 26 heavy (non-hydrogen) atoms. The molecule has 0 bridgehead atoms. The van der Waals surface area contributed by atoms with Gasteiger partial charge in [-0.1, -0.05) is 18.2 Å². The minimum atomic E-state index is -5.00. The molecule has 2 heterocycles. The van der Waals surface area contributed by atoms with E-state index in [2.05, 4.69) is 0 Å². The molecule has 4 aromatic rings. The summed E-state index contributed by atoms with van der Waals surface area (Å²) in [5, 5.41) is 19.4. The zero-order valence-corrected chi connectivity index (χ0v) is 12.8. The van der Waals surface area contributed by atoms with Crippen LogP contribution in [0.5, 0.6) is 11.5 Å². The van der Waals surface area contributed by atoms with Crippen LogP contribution in [0.25, 0.3) is 33.3 Å². The van der Waals surface area contributed by atoms with Crippen LogP contribution in [0, 0.1) is 0 Å². The topological polar surface area (TPSA) is 83.8 Å². The Labute approximate surface area is 142 Å². The molecule has 0 radical (unpaired) electrons. The van der Waals surface area contributed by atoms with Gasteiger partial charge in [0.2, 0.25) is 11.2 Å². The minimum Gasteiger partial charge on any atom is -0.508 e. The standard InChI is InChI=1S/C18H9F3O5/c19-18(20,21)17-15(12-5-8-3-1-2-4-11(8)25-12)16(24)14-10(23)6-9(22)7-13(14)26-17/h1-7,22-23H.